The molecule has 98 valence electrons. The second kappa shape index (κ2) is 5.87. The first kappa shape index (κ1) is 12.9. The van der Waals surface area contributed by atoms with E-state index in [0.29, 0.717) is 6.61 Å². The second-order valence-corrected chi connectivity index (χ2v) is 4.66. The number of hydrogen-bond acceptors (Lipinski definition) is 3. The highest BCUT2D eigenvalue weighted by atomic mass is 16.5. The molecule has 0 aromatic heterocycles. The topological polar surface area (TPSA) is 41.6 Å². The van der Waals surface area contributed by atoms with Gasteiger partial charge in [0.15, 0.2) is 0 Å². The zero-order valence-corrected chi connectivity index (χ0v) is 11.0. The van der Waals surface area contributed by atoms with Crippen molar-refractivity contribution >= 4 is 11.6 Å². The lowest BCUT2D eigenvalue weighted by molar-refractivity contribution is -0.130. The SMILES string of the molecule is COCCCN(C)C(=O)[C@@H]1Cc2ccccc2N1. The molecule has 18 heavy (non-hydrogen) atoms. The van der Waals surface area contributed by atoms with Crippen LogP contribution < -0.4 is 5.32 Å². The molecule has 0 unspecified atom stereocenters. The summed E-state index contributed by atoms with van der Waals surface area (Å²) in [6, 6.07) is 7.97. The summed E-state index contributed by atoms with van der Waals surface area (Å²) in [5.41, 5.74) is 2.31. The number of anilines is 1. The summed E-state index contributed by atoms with van der Waals surface area (Å²) in [4.78, 5) is 14.0. The maximum absolute atomic E-state index is 12.2. The van der Waals surface area contributed by atoms with Crippen LogP contribution in [0.25, 0.3) is 0 Å². The van der Waals surface area contributed by atoms with E-state index in [2.05, 4.69) is 11.4 Å². The molecule has 4 nitrogen and oxygen atoms in total. The molecule has 2 rings (SSSR count). The highest BCUT2D eigenvalue weighted by Gasteiger charge is 2.28. The van der Waals surface area contributed by atoms with Crippen LogP contribution in [0.4, 0.5) is 5.69 Å². The number of hydrogen-bond donors (Lipinski definition) is 1. The van der Waals surface area contributed by atoms with Gasteiger partial charge in [-0.1, -0.05) is 18.2 Å². The van der Waals surface area contributed by atoms with Crippen LogP contribution in [0.15, 0.2) is 24.3 Å². The number of amides is 1. The minimum atomic E-state index is -0.116. The third-order valence-corrected chi connectivity index (χ3v) is 3.29. The highest BCUT2D eigenvalue weighted by Crippen LogP contribution is 2.25. The van der Waals surface area contributed by atoms with Crippen molar-refractivity contribution in [2.75, 3.05) is 32.6 Å². The average molecular weight is 248 g/mol. The van der Waals surface area contributed by atoms with Crippen LogP contribution in [0.5, 0.6) is 0 Å². The van der Waals surface area contributed by atoms with Gasteiger partial charge in [0.1, 0.15) is 6.04 Å². The van der Waals surface area contributed by atoms with E-state index in [-0.39, 0.29) is 11.9 Å². The highest BCUT2D eigenvalue weighted by molar-refractivity contribution is 5.87. The molecular weight excluding hydrogens is 228 g/mol. The van der Waals surface area contributed by atoms with Crippen LogP contribution in [0.3, 0.4) is 0 Å². The Labute approximate surface area is 108 Å². The van der Waals surface area contributed by atoms with Gasteiger partial charge in [-0.15, -0.1) is 0 Å². The van der Waals surface area contributed by atoms with Gasteiger partial charge in [-0.2, -0.15) is 0 Å². The average Bonchev–Trinajstić information content (AvgIpc) is 2.81. The van der Waals surface area contributed by atoms with E-state index >= 15 is 0 Å². The molecule has 1 aliphatic rings. The van der Waals surface area contributed by atoms with Crippen molar-refractivity contribution < 1.29 is 9.53 Å². The largest absolute Gasteiger partial charge is 0.385 e. The van der Waals surface area contributed by atoms with Crippen molar-refractivity contribution in [2.45, 2.75) is 18.9 Å². The van der Waals surface area contributed by atoms with Gasteiger partial charge in [-0.05, 0) is 18.1 Å². The standard InChI is InChI=1S/C14H20N2O2/c1-16(8-5-9-18-2)14(17)13-10-11-6-3-4-7-12(11)15-13/h3-4,6-7,13,15H,5,8-10H2,1-2H3/t13-/m0/s1. The maximum Gasteiger partial charge on any atom is 0.245 e. The molecule has 0 fully saturated rings. The van der Waals surface area contributed by atoms with Crippen LogP contribution in [-0.2, 0) is 16.0 Å². The molecule has 0 bridgehead atoms. The van der Waals surface area contributed by atoms with Gasteiger partial charge in [0.25, 0.3) is 0 Å². The zero-order valence-electron chi connectivity index (χ0n) is 11.0. The third kappa shape index (κ3) is 2.82. The molecule has 0 spiro atoms. The third-order valence-electron chi connectivity index (χ3n) is 3.29. The molecule has 1 aromatic carbocycles. The monoisotopic (exact) mass is 248 g/mol. The quantitative estimate of drug-likeness (QED) is 0.803. The first-order chi connectivity index (χ1) is 8.72. The number of methoxy groups -OCH3 is 1. The Hall–Kier alpha value is -1.55. The molecule has 0 radical (unpaired) electrons. The van der Waals surface area contributed by atoms with E-state index < -0.39 is 0 Å². The molecule has 1 N–H and O–H groups in total. The minimum absolute atomic E-state index is 0.116. The molecule has 1 aromatic rings. The first-order valence-electron chi connectivity index (χ1n) is 6.30. The number of benzene rings is 1. The summed E-state index contributed by atoms with van der Waals surface area (Å²) >= 11 is 0. The van der Waals surface area contributed by atoms with Crippen LogP contribution >= 0.6 is 0 Å². The van der Waals surface area contributed by atoms with Gasteiger partial charge in [-0.3, -0.25) is 4.79 Å². The van der Waals surface area contributed by atoms with E-state index in [0.717, 1.165) is 25.1 Å². The molecule has 4 heteroatoms. The van der Waals surface area contributed by atoms with Gasteiger partial charge in [0.2, 0.25) is 5.91 Å². The van der Waals surface area contributed by atoms with Crippen molar-refractivity contribution in [3.63, 3.8) is 0 Å². The van der Waals surface area contributed by atoms with Crippen LogP contribution in [0, 0.1) is 0 Å². The lowest BCUT2D eigenvalue weighted by Gasteiger charge is -2.21. The predicted octanol–water partition coefficient (Wildman–Crippen LogP) is 1.52. The van der Waals surface area contributed by atoms with Gasteiger partial charge in [0.05, 0.1) is 0 Å². The number of carbonyl (C=O) groups excluding carboxylic acids is 1. The smallest absolute Gasteiger partial charge is 0.245 e. The summed E-state index contributed by atoms with van der Waals surface area (Å²) in [5, 5.41) is 3.28. The summed E-state index contributed by atoms with van der Waals surface area (Å²) < 4.78 is 4.99. The van der Waals surface area contributed by atoms with E-state index in [1.54, 1.807) is 12.0 Å². The molecule has 1 aliphatic heterocycles. The van der Waals surface area contributed by atoms with Crippen LogP contribution in [-0.4, -0.2) is 44.2 Å². The van der Waals surface area contributed by atoms with Crippen molar-refractivity contribution in [3.8, 4) is 0 Å². The Morgan fingerprint density at radius 1 is 1.50 bits per heavy atom. The van der Waals surface area contributed by atoms with E-state index in [1.807, 2.05) is 25.2 Å². The van der Waals surface area contributed by atoms with Crippen molar-refractivity contribution in [1.29, 1.82) is 0 Å². The fourth-order valence-corrected chi connectivity index (χ4v) is 2.27. The van der Waals surface area contributed by atoms with Gasteiger partial charge >= 0.3 is 0 Å². The Balaban J connectivity index is 1.88. The molecule has 0 saturated carbocycles. The Kier molecular flexibility index (Phi) is 4.20. The Bertz CT molecular complexity index is 395. The van der Waals surface area contributed by atoms with Gasteiger partial charge in [0, 0.05) is 39.4 Å². The molecule has 1 heterocycles. The fraction of sp³-hybridized carbons (Fsp3) is 0.500. The number of nitrogens with one attached hydrogen (secondary N) is 1. The number of rotatable bonds is 5. The number of likely N-dealkylation sites (N-methyl/N-ethyl adjacent to an activating group) is 1. The first-order valence-corrected chi connectivity index (χ1v) is 6.30. The summed E-state index contributed by atoms with van der Waals surface area (Å²) in [6.07, 6.45) is 1.65. The van der Waals surface area contributed by atoms with E-state index in [9.17, 15) is 4.79 Å². The number of nitrogens with zero attached hydrogens (tertiary/aromatic N) is 1. The number of para-hydroxylation sites is 1. The Morgan fingerprint density at radius 3 is 3.00 bits per heavy atom. The zero-order chi connectivity index (χ0) is 13.0. The van der Waals surface area contributed by atoms with E-state index in [4.69, 9.17) is 4.74 Å². The summed E-state index contributed by atoms with van der Waals surface area (Å²) in [6.45, 7) is 1.43. The fourth-order valence-electron chi connectivity index (χ4n) is 2.27. The Morgan fingerprint density at radius 2 is 2.28 bits per heavy atom. The normalized spacial score (nSPS) is 17.1. The molecule has 0 saturated heterocycles. The number of ether oxygens (including phenoxy) is 1. The molecule has 0 aliphatic carbocycles. The van der Waals surface area contributed by atoms with Gasteiger partial charge < -0.3 is 15.0 Å². The second-order valence-electron chi connectivity index (χ2n) is 4.66. The van der Waals surface area contributed by atoms with Gasteiger partial charge in [-0.25, -0.2) is 0 Å². The summed E-state index contributed by atoms with van der Waals surface area (Å²) in [5.74, 6) is 0.155. The lowest BCUT2D eigenvalue weighted by Crippen LogP contribution is -2.40. The summed E-state index contributed by atoms with van der Waals surface area (Å²) in [7, 11) is 3.53. The molecular formula is C14H20N2O2. The van der Waals surface area contributed by atoms with E-state index in [1.165, 1.54) is 5.56 Å². The predicted molar refractivity (Wildman–Crippen MR) is 71.7 cm³/mol. The minimum Gasteiger partial charge on any atom is -0.385 e. The lowest BCUT2D eigenvalue weighted by atomic mass is 10.1. The number of fused-ring (bicyclic) bond motifs is 1. The maximum atomic E-state index is 12.2. The molecule has 1 amide bonds. The molecule has 1 atom stereocenters. The van der Waals surface area contributed by atoms with Crippen LogP contribution in [0.2, 0.25) is 0 Å². The van der Waals surface area contributed by atoms with Crippen LogP contribution in [0.1, 0.15) is 12.0 Å². The van der Waals surface area contributed by atoms with Crippen molar-refractivity contribution in [1.82, 2.24) is 4.90 Å². The van der Waals surface area contributed by atoms with Crippen molar-refractivity contribution in [2.24, 2.45) is 0 Å². The number of carbonyl (C=O) groups is 1. The van der Waals surface area contributed by atoms with Crippen molar-refractivity contribution in [3.05, 3.63) is 29.8 Å².